The Morgan fingerprint density at radius 3 is 1.51 bits per heavy atom. The van der Waals surface area contributed by atoms with Gasteiger partial charge < -0.3 is 65.2 Å². The number of carboxylic acid groups (broad SMARTS) is 1. The maximum atomic E-state index is 12.3. The average Bonchev–Trinajstić information content (AvgIpc) is 3.40. The van der Waals surface area contributed by atoms with Crippen LogP contribution in [0.4, 0.5) is 0 Å². The lowest BCUT2D eigenvalue weighted by Crippen LogP contribution is -2.46. The summed E-state index contributed by atoms with van der Waals surface area (Å²) >= 11 is 0. The second kappa shape index (κ2) is 14.4. The number of pyridine rings is 2. The Morgan fingerprint density at radius 1 is 0.837 bits per heavy atom. The molecule has 2 unspecified atom stereocenters. The van der Waals surface area contributed by atoms with E-state index in [0.29, 0.717) is 0 Å². The molecule has 43 heavy (non-hydrogen) atoms. The van der Waals surface area contributed by atoms with Crippen LogP contribution in [0.25, 0.3) is 0 Å². The Kier molecular flexibility index (Phi) is 11.4. The van der Waals surface area contributed by atoms with Gasteiger partial charge in [-0.15, -0.1) is 0 Å². The lowest BCUT2D eigenvalue weighted by atomic mass is 10.1. The summed E-state index contributed by atoms with van der Waals surface area (Å²) in [5.74, 6) is -2.54. The van der Waals surface area contributed by atoms with Gasteiger partial charge in [-0.05, 0) is 19.1 Å². The number of carboxylic acids is 1. The molecule has 2 fully saturated rings. The fraction of sp³-hybridized carbons (Fsp3) is 0.458. The lowest BCUT2D eigenvalue weighted by Gasteiger charge is -2.26. The fourth-order valence-corrected chi connectivity index (χ4v) is 4.92. The van der Waals surface area contributed by atoms with E-state index in [-0.39, 0.29) is 11.1 Å². The van der Waals surface area contributed by atoms with Crippen LogP contribution in [0.3, 0.4) is 0 Å². The van der Waals surface area contributed by atoms with E-state index >= 15 is 0 Å². The third kappa shape index (κ3) is 8.80. The highest BCUT2D eigenvalue weighted by atomic mass is 31.2. The highest BCUT2D eigenvalue weighted by molar-refractivity contribution is 7.45. The van der Waals surface area contributed by atoms with Gasteiger partial charge >= 0.3 is 0 Å². The zero-order valence-corrected chi connectivity index (χ0v) is 23.4. The van der Waals surface area contributed by atoms with Crippen LogP contribution in [-0.4, -0.2) is 88.0 Å². The first-order chi connectivity index (χ1) is 20.1. The Morgan fingerprint density at radius 2 is 1.19 bits per heavy atom. The van der Waals surface area contributed by atoms with Crippen LogP contribution < -0.4 is 30.6 Å². The number of phosphoric acid groups is 1. The van der Waals surface area contributed by atoms with E-state index < -0.39 is 87.9 Å². The first-order valence-corrected chi connectivity index (χ1v) is 14.0. The predicted molar refractivity (Wildman–Crippen MR) is 132 cm³/mol. The second-order valence-electron chi connectivity index (χ2n) is 9.43. The molecule has 18 nitrogen and oxygen atoms in total. The number of carbonyl (C=O) groups excluding carboxylic acids is 3. The third-order valence-electron chi connectivity index (χ3n) is 6.27. The highest BCUT2D eigenvalue weighted by Crippen LogP contribution is 2.41. The van der Waals surface area contributed by atoms with E-state index in [1.165, 1.54) is 58.2 Å². The molecular weight excluding hydrogens is 599 g/mol. The maximum absolute atomic E-state index is 12.3. The Balaban J connectivity index is 0.00000119. The van der Waals surface area contributed by atoms with E-state index in [0.717, 1.165) is 6.92 Å². The van der Waals surface area contributed by atoms with Crippen molar-refractivity contribution in [2.75, 3.05) is 13.2 Å². The van der Waals surface area contributed by atoms with Crippen molar-refractivity contribution in [3.05, 3.63) is 60.2 Å². The van der Waals surface area contributed by atoms with Crippen LogP contribution in [0.1, 0.15) is 40.1 Å². The molecule has 2 aromatic rings. The molecule has 0 aliphatic carbocycles. The number of hydrogen-bond acceptors (Lipinski definition) is 14. The van der Waals surface area contributed by atoms with Gasteiger partial charge in [-0.2, -0.15) is 9.13 Å². The van der Waals surface area contributed by atoms with E-state index in [1.54, 1.807) is 0 Å². The zero-order valence-electron chi connectivity index (χ0n) is 22.5. The second-order valence-corrected chi connectivity index (χ2v) is 10.8. The first-order valence-electron chi connectivity index (χ1n) is 12.5. The largest absolute Gasteiger partial charge is 0.756 e. The molecule has 0 spiro atoms. The van der Waals surface area contributed by atoms with Crippen LogP contribution in [-0.2, 0) is 27.9 Å². The Bertz CT molecular complexity index is 1270. The summed E-state index contributed by atoms with van der Waals surface area (Å²) in [4.78, 5) is 44.1. The molecule has 4 rings (SSSR count). The number of primary amides is 2. The minimum absolute atomic E-state index is 0.114. The van der Waals surface area contributed by atoms with Crippen molar-refractivity contribution in [3.8, 4) is 0 Å². The summed E-state index contributed by atoms with van der Waals surface area (Å²) in [5.41, 5.74) is 10.7. The van der Waals surface area contributed by atoms with Gasteiger partial charge in [0, 0.05) is 18.1 Å². The molecule has 2 aliphatic heterocycles. The number of ether oxygens (including phenoxy) is 2. The molecule has 2 saturated heterocycles. The topological polar surface area (TPSA) is 292 Å². The molecule has 19 heteroatoms. The minimum Gasteiger partial charge on any atom is -0.756 e. The molecule has 2 amide bonds. The summed E-state index contributed by atoms with van der Waals surface area (Å²) in [6.07, 6.45) is -5.54. The first kappa shape index (κ1) is 34.1. The van der Waals surface area contributed by atoms with Gasteiger partial charge in [0.2, 0.25) is 0 Å². The standard InChI is InChI=1S/C22H27N4O12P.C2H4O2/c23-19(31)11-3-1-5-25(7-11)21-17(29)15(27)13(37-21)9-35-39(33,34)36-10-14-16(28)18(30)22(38-14)26-6-2-4-12(8-26)20(24)32;1-2(3)4/h1-8,13-18,21-22,27-30H,9-10H2,(H3-2,23,24,31,32,33,34);1H3,(H,3,4)/t13-,14-,15-,16-,17-,18-,21?,22?;/m1./s1. The van der Waals surface area contributed by atoms with Crippen LogP contribution in [0.5, 0.6) is 0 Å². The molecular formula is C24H31N4O14P. The number of aliphatic hydroxyl groups excluding tert-OH is 4. The summed E-state index contributed by atoms with van der Waals surface area (Å²) in [6.45, 7) is -0.499. The number of phosphoric ester groups is 1. The molecule has 8 N–H and O–H groups in total. The van der Waals surface area contributed by atoms with Crippen LogP contribution >= 0.6 is 7.82 Å². The van der Waals surface area contributed by atoms with E-state index in [1.807, 2.05) is 0 Å². The van der Waals surface area contributed by atoms with Gasteiger partial charge in [-0.3, -0.25) is 14.2 Å². The Hall–Kier alpha value is -3.42. The molecule has 2 aromatic heterocycles. The van der Waals surface area contributed by atoms with Crippen molar-refractivity contribution >= 4 is 25.6 Å². The number of aliphatic carboxylic acids is 1. The molecule has 0 radical (unpaired) electrons. The number of aromatic nitrogens is 2. The smallest absolute Gasteiger partial charge is 0.292 e. The van der Waals surface area contributed by atoms with Gasteiger partial charge in [-0.1, -0.05) is 0 Å². The van der Waals surface area contributed by atoms with E-state index in [2.05, 4.69) is 0 Å². The number of hydrogen-bond donors (Lipinski definition) is 6. The van der Waals surface area contributed by atoms with E-state index in [4.69, 9.17) is 39.9 Å². The van der Waals surface area contributed by atoms with Gasteiger partial charge in [0.15, 0.2) is 37.0 Å². The van der Waals surface area contributed by atoms with Crippen LogP contribution in [0.2, 0.25) is 0 Å². The number of nitrogens with zero attached hydrogens (tertiary/aromatic N) is 2. The lowest BCUT2D eigenvalue weighted by molar-refractivity contribution is -0.766. The van der Waals surface area contributed by atoms with Gasteiger partial charge in [-0.25, -0.2) is 0 Å². The summed E-state index contributed by atoms with van der Waals surface area (Å²) in [6, 6.07) is 5.82. The van der Waals surface area contributed by atoms with E-state index in [9.17, 15) is 39.5 Å². The van der Waals surface area contributed by atoms with Crippen molar-refractivity contribution in [1.29, 1.82) is 0 Å². The average molecular weight is 631 g/mol. The molecule has 4 heterocycles. The molecule has 236 valence electrons. The monoisotopic (exact) mass is 630 g/mol. The number of nitrogens with two attached hydrogens (primary N) is 2. The van der Waals surface area contributed by atoms with Crippen molar-refractivity contribution < 1.29 is 77.0 Å². The van der Waals surface area contributed by atoms with Crippen molar-refractivity contribution in [1.82, 2.24) is 0 Å². The third-order valence-corrected chi connectivity index (χ3v) is 7.20. The highest BCUT2D eigenvalue weighted by Gasteiger charge is 2.50. The van der Waals surface area contributed by atoms with Crippen molar-refractivity contribution in [2.24, 2.45) is 11.5 Å². The zero-order chi connectivity index (χ0) is 32.1. The van der Waals surface area contributed by atoms with Gasteiger partial charge in [0.25, 0.3) is 32.1 Å². The molecule has 8 atom stereocenters. The van der Waals surface area contributed by atoms with Crippen LogP contribution in [0, 0.1) is 0 Å². The van der Waals surface area contributed by atoms with Gasteiger partial charge in [0.1, 0.15) is 35.5 Å². The maximum Gasteiger partial charge on any atom is 0.292 e. The Labute approximate surface area is 243 Å². The number of aliphatic hydroxyl groups is 4. The van der Waals surface area contributed by atoms with Crippen LogP contribution in [0.15, 0.2) is 49.1 Å². The molecule has 0 saturated carbocycles. The normalized spacial score (nSPS) is 29.7. The summed E-state index contributed by atoms with van der Waals surface area (Å²) in [7, 11) is -5.05. The number of rotatable bonds is 10. The van der Waals surface area contributed by atoms with Gasteiger partial charge in [0.05, 0.1) is 13.2 Å². The van der Waals surface area contributed by atoms with Crippen molar-refractivity contribution in [2.45, 2.75) is 56.0 Å². The summed E-state index contributed by atoms with van der Waals surface area (Å²) in [5, 5.41) is 50.3. The number of amides is 2. The van der Waals surface area contributed by atoms with Crippen molar-refractivity contribution in [3.63, 3.8) is 0 Å². The SMILES string of the molecule is CC(=O)[O-].NC(=O)c1ccc[n+](C2O[C@H](COP(=O)([O-])OC[C@H]3OC([n+]4cccc(C(N)=O)c4)[C@H](O)[C@@H]3O)[C@@H](O)[C@H]2O)c1. The molecule has 0 aromatic carbocycles. The molecule has 0 bridgehead atoms. The fourth-order valence-electron chi connectivity index (χ4n) is 4.19. The summed E-state index contributed by atoms with van der Waals surface area (Å²) < 4.78 is 35.6. The predicted octanol–water partition coefficient (Wildman–Crippen LogP) is -5.34. The number of carbonyl (C=O) groups is 3. The minimum atomic E-state index is -5.05. The quantitative estimate of drug-likeness (QED) is 0.106. The molecule has 2 aliphatic rings.